The summed E-state index contributed by atoms with van der Waals surface area (Å²) in [6.45, 7) is 11.1. The Morgan fingerprint density at radius 3 is 2.37 bits per heavy atom. The van der Waals surface area contributed by atoms with Gasteiger partial charge in [0.1, 0.15) is 5.82 Å². The van der Waals surface area contributed by atoms with Gasteiger partial charge in [0.2, 0.25) is 5.91 Å². The molecule has 0 saturated carbocycles. The van der Waals surface area contributed by atoms with Crippen molar-refractivity contribution in [3.63, 3.8) is 0 Å². The Labute approximate surface area is 164 Å². The Hall–Kier alpha value is -1.84. The van der Waals surface area contributed by atoms with Crippen LogP contribution in [0.25, 0.3) is 11.0 Å². The molecule has 1 aromatic heterocycles. The topological polar surface area (TPSA) is 46.9 Å². The first-order valence-electron chi connectivity index (χ1n) is 10.6. The number of fused-ring (bicyclic) bond motifs is 1. The second-order valence-electron chi connectivity index (χ2n) is 8.68. The quantitative estimate of drug-likeness (QED) is 0.520. The third kappa shape index (κ3) is 6.08. The van der Waals surface area contributed by atoms with E-state index >= 15 is 0 Å². The van der Waals surface area contributed by atoms with Crippen LogP contribution in [0, 0.1) is 5.41 Å². The molecule has 4 heteroatoms. The molecule has 2 aromatic rings. The summed E-state index contributed by atoms with van der Waals surface area (Å²) in [4.78, 5) is 17.2. The van der Waals surface area contributed by atoms with E-state index in [4.69, 9.17) is 4.98 Å². The third-order valence-corrected chi connectivity index (χ3v) is 5.09. The molecule has 27 heavy (non-hydrogen) atoms. The highest BCUT2D eigenvalue weighted by molar-refractivity contribution is 5.82. The van der Waals surface area contributed by atoms with Gasteiger partial charge in [-0.1, -0.05) is 78.4 Å². The van der Waals surface area contributed by atoms with Crippen LogP contribution in [0.5, 0.6) is 0 Å². The highest BCUT2D eigenvalue weighted by Crippen LogP contribution is 2.23. The number of aryl methyl sites for hydroxylation is 1. The average molecular weight is 372 g/mol. The maximum Gasteiger partial charge on any atom is 0.225 e. The van der Waals surface area contributed by atoms with Gasteiger partial charge in [-0.25, -0.2) is 4.98 Å². The Morgan fingerprint density at radius 1 is 1.07 bits per heavy atom. The van der Waals surface area contributed by atoms with Crippen LogP contribution in [0.2, 0.25) is 0 Å². The van der Waals surface area contributed by atoms with Gasteiger partial charge in [0, 0.05) is 12.0 Å². The highest BCUT2D eigenvalue weighted by Gasteiger charge is 2.25. The van der Waals surface area contributed by atoms with Gasteiger partial charge >= 0.3 is 0 Å². The first kappa shape index (κ1) is 21.5. The van der Waals surface area contributed by atoms with Crippen molar-refractivity contribution >= 4 is 16.9 Å². The van der Waals surface area contributed by atoms with Gasteiger partial charge in [-0.15, -0.1) is 0 Å². The van der Waals surface area contributed by atoms with Crippen molar-refractivity contribution in [3.8, 4) is 0 Å². The summed E-state index contributed by atoms with van der Waals surface area (Å²) in [6.07, 6.45) is 9.04. The largest absolute Gasteiger partial charge is 0.346 e. The molecule has 1 amide bonds. The van der Waals surface area contributed by atoms with Gasteiger partial charge in [0.15, 0.2) is 0 Å². The minimum atomic E-state index is -0.399. The number of imidazole rings is 1. The molecule has 0 saturated heterocycles. The predicted molar refractivity (Wildman–Crippen MR) is 114 cm³/mol. The molecule has 0 bridgehead atoms. The summed E-state index contributed by atoms with van der Waals surface area (Å²) < 4.78 is 2.30. The zero-order valence-electron chi connectivity index (χ0n) is 17.8. The second kappa shape index (κ2) is 9.91. The number of para-hydroxylation sites is 2. The molecule has 1 heterocycles. The molecule has 0 spiro atoms. The van der Waals surface area contributed by atoms with E-state index in [0.717, 1.165) is 29.8 Å². The maximum absolute atomic E-state index is 12.4. The van der Waals surface area contributed by atoms with E-state index in [9.17, 15) is 4.79 Å². The molecular weight excluding hydrogens is 334 g/mol. The number of hydrogen-bond acceptors (Lipinski definition) is 2. The van der Waals surface area contributed by atoms with E-state index in [1.807, 2.05) is 33.8 Å². The molecule has 4 nitrogen and oxygen atoms in total. The minimum absolute atomic E-state index is 0.0598. The van der Waals surface area contributed by atoms with E-state index < -0.39 is 5.41 Å². The SMILES string of the molecule is CCCCCCCCCn1c(C(C)NC(=O)C(C)(C)C)nc2ccccc21. The molecule has 2 rings (SSSR count). The number of hydrogen-bond donors (Lipinski definition) is 1. The van der Waals surface area contributed by atoms with E-state index in [1.54, 1.807) is 0 Å². The van der Waals surface area contributed by atoms with Crippen LogP contribution < -0.4 is 5.32 Å². The number of amides is 1. The van der Waals surface area contributed by atoms with Crippen molar-refractivity contribution in [3.05, 3.63) is 30.1 Å². The van der Waals surface area contributed by atoms with Crippen molar-refractivity contribution < 1.29 is 4.79 Å². The number of unbranched alkanes of at least 4 members (excludes halogenated alkanes) is 6. The molecule has 0 aliphatic rings. The highest BCUT2D eigenvalue weighted by atomic mass is 16.2. The fourth-order valence-corrected chi connectivity index (χ4v) is 3.36. The lowest BCUT2D eigenvalue weighted by Crippen LogP contribution is -2.37. The van der Waals surface area contributed by atoms with Crippen molar-refractivity contribution in [2.75, 3.05) is 0 Å². The number of aromatic nitrogens is 2. The van der Waals surface area contributed by atoms with Crippen LogP contribution in [0.3, 0.4) is 0 Å². The summed E-state index contributed by atoms with van der Waals surface area (Å²) >= 11 is 0. The molecule has 1 aromatic carbocycles. The van der Waals surface area contributed by atoms with Crippen LogP contribution in [0.15, 0.2) is 24.3 Å². The van der Waals surface area contributed by atoms with E-state index in [1.165, 1.54) is 38.5 Å². The van der Waals surface area contributed by atoms with E-state index in [2.05, 4.69) is 35.0 Å². The Morgan fingerprint density at radius 2 is 1.70 bits per heavy atom. The zero-order valence-corrected chi connectivity index (χ0v) is 17.8. The first-order valence-corrected chi connectivity index (χ1v) is 10.6. The summed E-state index contributed by atoms with van der Waals surface area (Å²) in [5, 5.41) is 3.14. The van der Waals surface area contributed by atoms with Gasteiger partial charge < -0.3 is 9.88 Å². The number of rotatable bonds is 10. The summed E-state index contributed by atoms with van der Waals surface area (Å²) in [6, 6.07) is 8.17. The van der Waals surface area contributed by atoms with Gasteiger partial charge in [-0.3, -0.25) is 4.79 Å². The lowest BCUT2D eigenvalue weighted by atomic mass is 9.95. The smallest absolute Gasteiger partial charge is 0.225 e. The van der Waals surface area contributed by atoms with Crippen LogP contribution >= 0.6 is 0 Å². The molecular formula is C23H37N3O. The maximum atomic E-state index is 12.4. The van der Waals surface area contributed by atoms with Gasteiger partial charge in [-0.2, -0.15) is 0 Å². The predicted octanol–water partition coefficient (Wildman–Crippen LogP) is 6.01. The fourth-order valence-electron chi connectivity index (χ4n) is 3.36. The fraction of sp³-hybridized carbons (Fsp3) is 0.652. The van der Waals surface area contributed by atoms with Crippen LogP contribution in [-0.2, 0) is 11.3 Å². The monoisotopic (exact) mass is 371 g/mol. The zero-order chi connectivity index (χ0) is 19.9. The molecule has 150 valence electrons. The molecule has 1 atom stereocenters. The first-order chi connectivity index (χ1) is 12.8. The van der Waals surface area contributed by atoms with E-state index in [-0.39, 0.29) is 11.9 Å². The van der Waals surface area contributed by atoms with Crippen molar-refractivity contribution in [2.24, 2.45) is 5.41 Å². The average Bonchev–Trinajstić information content (AvgIpc) is 2.99. The second-order valence-corrected chi connectivity index (χ2v) is 8.68. The molecule has 0 aliphatic carbocycles. The van der Waals surface area contributed by atoms with Crippen molar-refractivity contribution in [1.82, 2.24) is 14.9 Å². The van der Waals surface area contributed by atoms with Crippen molar-refractivity contribution in [1.29, 1.82) is 0 Å². The third-order valence-electron chi connectivity index (χ3n) is 5.09. The summed E-state index contributed by atoms with van der Waals surface area (Å²) in [5.74, 6) is 1.02. The van der Waals surface area contributed by atoms with E-state index in [0.29, 0.717) is 0 Å². The number of nitrogens with one attached hydrogen (secondary N) is 1. The minimum Gasteiger partial charge on any atom is -0.346 e. The van der Waals surface area contributed by atoms with Gasteiger partial charge in [-0.05, 0) is 25.5 Å². The summed E-state index contributed by atoms with van der Waals surface area (Å²) in [7, 11) is 0. The van der Waals surface area contributed by atoms with Crippen molar-refractivity contribution in [2.45, 2.75) is 92.2 Å². The standard InChI is InChI=1S/C23H37N3O/c1-6-7-8-9-10-11-14-17-26-20-16-13-12-15-19(20)25-21(26)18(2)24-22(27)23(3,4)5/h12-13,15-16,18H,6-11,14,17H2,1-5H3,(H,24,27). The number of nitrogens with zero attached hydrogens (tertiary/aromatic N) is 2. The Bertz CT molecular complexity index is 727. The number of carbonyl (C=O) groups is 1. The van der Waals surface area contributed by atoms with Gasteiger partial charge in [0.25, 0.3) is 0 Å². The molecule has 1 unspecified atom stereocenters. The number of benzene rings is 1. The lowest BCUT2D eigenvalue weighted by molar-refractivity contribution is -0.129. The van der Waals surface area contributed by atoms with Crippen LogP contribution in [-0.4, -0.2) is 15.5 Å². The summed E-state index contributed by atoms with van der Waals surface area (Å²) in [5.41, 5.74) is 1.77. The molecule has 0 radical (unpaired) electrons. The Kier molecular flexibility index (Phi) is 7.88. The molecule has 1 N–H and O–H groups in total. The molecule has 0 aliphatic heterocycles. The Balaban J connectivity index is 2.07. The van der Waals surface area contributed by atoms with Crippen LogP contribution in [0.1, 0.15) is 91.4 Å². The number of carbonyl (C=O) groups excluding carboxylic acids is 1. The molecule has 0 fully saturated rings. The normalized spacial score (nSPS) is 13.1. The van der Waals surface area contributed by atoms with Crippen LogP contribution in [0.4, 0.5) is 0 Å². The van der Waals surface area contributed by atoms with Gasteiger partial charge in [0.05, 0.1) is 17.1 Å². The lowest BCUT2D eigenvalue weighted by Gasteiger charge is -2.22.